The second-order valence-electron chi connectivity index (χ2n) is 12.5. The number of esters is 1. The van der Waals surface area contributed by atoms with Gasteiger partial charge in [0.2, 0.25) is 0 Å². The molecule has 1 aliphatic heterocycles. The highest BCUT2D eigenvalue weighted by atomic mass is 35.5. The molecule has 6 rings (SSSR count). The fraction of sp³-hybridized carbons (Fsp3) is 0.559. The van der Waals surface area contributed by atoms with Crippen LogP contribution in [0.4, 0.5) is 5.69 Å². The summed E-state index contributed by atoms with van der Waals surface area (Å²) < 4.78 is 17.8. The Kier molecular flexibility index (Phi) is 8.35. The number of ether oxygens (including phenoxy) is 3. The summed E-state index contributed by atoms with van der Waals surface area (Å²) in [5.41, 5.74) is 5.40. The number of halogens is 1. The lowest BCUT2D eigenvalue weighted by molar-refractivity contribution is 0.00273. The molecule has 0 bridgehead atoms. The number of fused-ring (bicyclic) bond motifs is 3. The van der Waals surface area contributed by atoms with Crippen molar-refractivity contribution < 1.29 is 24.1 Å². The monoisotopic (exact) mass is 579 g/mol. The number of carbonyl (C=O) groups excluding carboxylic acids is 1. The maximum absolute atomic E-state index is 12.5. The molecule has 1 heterocycles. The van der Waals surface area contributed by atoms with Crippen molar-refractivity contribution in [3.05, 3.63) is 69.8 Å². The van der Waals surface area contributed by atoms with Crippen LogP contribution in [-0.2, 0) is 21.3 Å². The Morgan fingerprint density at radius 1 is 1.17 bits per heavy atom. The Morgan fingerprint density at radius 2 is 2.05 bits per heavy atom. The standard InChI is InChI=1S/C34H42ClNO5/c1-39-32(23-7-5-22(19-37)6-8-23)28-12-9-26(28)18-36-20-34(15-3-4-24-16-27(35)11-13-29(24)34)21-41-31-14-10-25(17-30(31)36)33(38)40-2/h7,10-11,13-14,16-17,22,26,28,32,37H,3-6,8-9,12,15,18-21H2,1-2H3/t22-,26+,28-,32+,34?/m1/s1. The molecule has 7 heteroatoms. The number of hydrogen-bond acceptors (Lipinski definition) is 6. The molecule has 6 nitrogen and oxygen atoms in total. The van der Waals surface area contributed by atoms with Gasteiger partial charge in [-0.05, 0) is 116 Å². The van der Waals surface area contributed by atoms with Gasteiger partial charge in [0, 0.05) is 37.2 Å². The number of aliphatic hydroxyl groups excluding tert-OH is 1. The van der Waals surface area contributed by atoms with Gasteiger partial charge in [-0.3, -0.25) is 0 Å². The van der Waals surface area contributed by atoms with E-state index >= 15 is 0 Å². The van der Waals surface area contributed by atoms with Crippen LogP contribution in [0.15, 0.2) is 48.0 Å². The van der Waals surface area contributed by atoms with E-state index in [0.717, 1.165) is 80.9 Å². The molecule has 0 radical (unpaired) electrons. The number of hydrogen-bond donors (Lipinski definition) is 1. The fourth-order valence-corrected chi connectivity index (χ4v) is 7.99. The minimum Gasteiger partial charge on any atom is -0.490 e. The number of rotatable bonds is 7. The summed E-state index contributed by atoms with van der Waals surface area (Å²) in [4.78, 5) is 15.0. The molecule has 0 amide bonds. The molecular weight excluding hydrogens is 538 g/mol. The molecule has 4 aliphatic rings. The Bertz CT molecular complexity index is 1310. The van der Waals surface area contributed by atoms with Gasteiger partial charge < -0.3 is 24.2 Å². The minimum atomic E-state index is -0.337. The second-order valence-corrected chi connectivity index (χ2v) is 13.0. The van der Waals surface area contributed by atoms with Crippen molar-refractivity contribution in [2.45, 2.75) is 62.9 Å². The van der Waals surface area contributed by atoms with E-state index < -0.39 is 0 Å². The van der Waals surface area contributed by atoms with Gasteiger partial charge in [-0.15, -0.1) is 0 Å². The van der Waals surface area contributed by atoms with Gasteiger partial charge in [0.15, 0.2) is 0 Å². The van der Waals surface area contributed by atoms with Gasteiger partial charge in [0.05, 0.1) is 31.1 Å². The van der Waals surface area contributed by atoms with Crippen LogP contribution in [-0.4, -0.2) is 57.7 Å². The minimum absolute atomic E-state index is 0.115. The van der Waals surface area contributed by atoms with Crippen LogP contribution in [0.25, 0.3) is 0 Å². The molecule has 1 N–H and O–H groups in total. The van der Waals surface area contributed by atoms with Crippen LogP contribution in [0.2, 0.25) is 5.02 Å². The van der Waals surface area contributed by atoms with Crippen LogP contribution < -0.4 is 9.64 Å². The quantitative estimate of drug-likeness (QED) is 0.304. The molecule has 1 saturated carbocycles. The molecule has 220 valence electrons. The van der Waals surface area contributed by atoms with E-state index in [1.165, 1.54) is 23.8 Å². The third-order valence-electron chi connectivity index (χ3n) is 10.2. The van der Waals surface area contributed by atoms with Gasteiger partial charge >= 0.3 is 5.97 Å². The van der Waals surface area contributed by atoms with Gasteiger partial charge in [-0.2, -0.15) is 0 Å². The lowest BCUT2D eigenvalue weighted by Crippen LogP contribution is -2.50. The lowest BCUT2D eigenvalue weighted by atomic mass is 9.66. The third-order valence-corrected chi connectivity index (χ3v) is 10.4. The number of benzene rings is 2. The summed E-state index contributed by atoms with van der Waals surface area (Å²) in [6.45, 7) is 2.55. The number of anilines is 1. The summed E-state index contributed by atoms with van der Waals surface area (Å²) in [5, 5.41) is 10.4. The van der Waals surface area contributed by atoms with Crippen molar-refractivity contribution in [1.29, 1.82) is 0 Å². The summed E-state index contributed by atoms with van der Waals surface area (Å²) >= 11 is 6.42. The van der Waals surface area contributed by atoms with E-state index in [-0.39, 0.29) is 24.1 Å². The molecule has 2 aromatic carbocycles. The molecule has 0 saturated heterocycles. The molecule has 0 aromatic heterocycles. The Labute approximate surface area is 248 Å². The van der Waals surface area contributed by atoms with E-state index in [0.29, 0.717) is 29.9 Å². The summed E-state index contributed by atoms with van der Waals surface area (Å²) in [5.74, 6) is 1.77. The maximum atomic E-state index is 12.5. The van der Waals surface area contributed by atoms with Crippen molar-refractivity contribution in [1.82, 2.24) is 0 Å². The van der Waals surface area contributed by atoms with E-state index in [1.54, 1.807) is 6.07 Å². The molecule has 1 unspecified atom stereocenters. The van der Waals surface area contributed by atoms with Gasteiger partial charge in [0.1, 0.15) is 5.75 Å². The molecule has 5 atom stereocenters. The highest BCUT2D eigenvalue weighted by Gasteiger charge is 2.45. The smallest absolute Gasteiger partial charge is 0.337 e. The van der Waals surface area contributed by atoms with E-state index in [4.69, 9.17) is 25.8 Å². The molecule has 41 heavy (non-hydrogen) atoms. The lowest BCUT2D eigenvalue weighted by Gasteiger charge is -2.47. The van der Waals surface area contributed by atoms with E-state index in [1.807, 2.05) is 25.3 Å². The first-order valence-corrected chi connectivity index (χ1v) is 15.5. The fourth-order valence-electron chi connectivity index (χ4n) is 7.80. The number of aliphatic hydroxyl groups is 1. The Hall–Kier alpha value is -2.54. The number of nitrogens with zero attached hydrogens (tertiary/aromatic N) is 1. The topological polar surface area (TPSA) is 68.2 Å². The zero-order chi connectivity index (χ0) is 28.6. The average Bonchev–Trinajstić information content (AvgIpc) is 3.14. The number of allylic oxidation sites excluding steroid dienone is 1. The number of carbonyl (C=O) groups is 1. The number of methoxy groups -OCH3 is 2. The second kappa shape index (κ2) is 12.0. The largest absolute Gasteiger partial charge is 0.490 e. The molecule has 1 spiro atoms. The molecule has 1 fully saturated rings. The maximum Gasteiger partial charge on any atom is 0.337 e. The van der Waals surface area contributed by atoms with Crippen LogP contribution in [0.1, 0.15) is 66.4 Å². The van der Waals surface area contributed by atoms with E-state index in [9.17, 15) is 9.90 Å². The zero-order valence-electron chi connectivity index (χ0n) is 24.2. The first-order valence-electron chi connectivity index (χ1n) is 15.2. The van der Waals surface area contributed by atoms with Crippen molar-refractivity contribution in [3.8, 4) is 5.75 Å². The van der Waals surface area contributed by atoms with Crippen molar-refractivity contribution in [3.63, 3.8) is 0 Å². The predicted octanol–water partition coefficient (Wildman–Crippen LogP) is 6.36. The summed E-state index contributed by atoms with van der Waals surface area (Å²) in [6.07, 6.45) is 10.9. The van der Waals surface area contributed by atoms with Crippen LogP contribution >= 0.6 is 11.6 Å². The van der Waals surface area contributed by atoms with Crippen molar-refractivity contribution >= 4 is 23.3 Å². The zero-order valence-corrected chi connectivity index (χ0v) is 25.0. The number of aryl methyl sites for hydroxylation is 1. The summed E-state index contributed by atoms with van der Waals surface area (Å²) in [7, 11) is 3.27. The van der Waals surface area contributed by atoms with Crippen molar-refractivity contribution in [2.75, 3.05) is 45.4 Å². The van der Waals surface area contributed by atoms with Crippen LogP contribution in [0, 0.1) is 17.8 Å². The van der Waals surface area contributed by atoms with Gasteiger partial charge in [-0.25, -0.2) is 4.79 Å². The molecule has 3 aliphatic carbocycles. The van der Waals surface area contributed by atoms with Gasteiger partial charge in [0.25, 0.3) is 0 Å². The average molecular weight is 580 g/mol. The third kappa shape index (κ3) is 5.51. The van der Waals surface area contributed by atoms with Crippen molar-refractivity contribution in [2.24, 2.45) is 17.8 Å². The SMILES string of the molecule is COC(=O)c1ccc2c(c1)N(C[C@@H]1CC[C@H]1[C@@H](OC)C1=CC[C@@H](CO)CC1)CC1(CCCc3cc(Cl)ccc31)CO2. The summed E-state index contributed by atoms with van der Waals surface area (Å²) in [6, 6.07) is 12.0. The Balaban J connectivity index is 1.32. The van der Waals surface area contributed by atoms with E-state index in [2.05, 4.69) is 23.1 Å². The van der Waals surface area contributed by atoms with Gasteiger partial charge in [-0.1, -0.05) is 23.7 Å². The molecule has 2 aromatic rings. The van der Waals surface area contributed by atoms with Crippen LogP contribution in [0.3, 0.4) is 0 Å². The van der Waals surface area contributed by atoms with Crippen LogP contribution in [0.5, 0.6) is 5.75 Å². The first kappa shape index (κ1) is 28.6. The predicted molar refractivity (Wildman–Crippen MR) is 161 cm³/mol. The molecular formula is C34H42ClNO5. The normalized spacial score (nSPS) is 28.0. The highest BCUT2D eigenvalue weighted by molar-refractivity contribution is 6.30. The first-order chi connectivity index (χ1) is 19.9. The Morgan fingerprint density at radius 3 is 2.76 bits per heavy atom. The highest BCUT2D eigenvalue weighted by Crippen LogP contribution is 2.48.